The third-order valence-electron chi connectivity index (χ3n) is 7.67. The number of carbonyl (C=O) groups is 2. The van der Waals surface area contributed by atoms with Gasteiger partial charge in [-0.25, -0.2) is 0 Å². The summed E-state index contributed by atoms with van der Waals surface area (Å²) in [5, 5.41) is 0. The number of Topliss-reactive ketones (excluding diaryl/α,β-unsaturated/α-hetero) is 2. The summed E-state index contributed by atoms with van der Waals surface area (Å²) in [4.78, 5) is 30.9. The van der Waals surface area contributed by atoms with Crippen molar-refractivity contribution in [3.8, 4) is 11.1 Å². The van der Waals surface area contributed by atoms with Crippen LogP contribution in [-0.4, -0.2) is 29.6 Å². The van der Waals surface area contributed by atoms with Crippen molar-refractivity contribution >= 4 is 17.3 Å². The Morgan fingerprint density at radius 2 is 1.70 bits per heavy atom. The topological polar surface area (TPSA) is 50.3 Å². The maximum Gasteiger partial charge on any atom is 0.137 e. The Labute approximate surface area is 222 Å². The van der Waals surface area contributed by atoms with Crippen LogP contribution in [0, 0.1) is 18.8 Å². The highest BCUT2D eigenvalue weighted by atomic mass is 16.1. The summed E-state index contributed by atoms with van der Waals surface area (Å²) < 4.78 is 0. The highest BCUT2D eigenvalue weighted by Crippen LogP contribution is 2.29. The molecule has 0 bridgehead atoms. The summed E-state index contributed by atoms with van der Waals surface area (Å²) in [7, 11) is 0. The Kier molecular flexibility index (Phi) is 9.27. The molecule has 3 aromatic rings. The van der Waals surface area contributed by atoms with Crippen molar-refractivity contribution in [3.63, 3.8) is 0 Å². The molecule has 0 N–H and O–H groups in total. The number of aromatic nitrogens is 1. The van der Waals surface area contributed by atoms with Gasteiger partial charge < -0.3 is 9.69 Å². The largest absolute Gasteiger partial charge is 0.371 e. The van der Waals surface area contributed by atoms with E-state index in [9.17, 15) is 9.59 Å². The van der Waals surface area contributed by atoms with Gasteiger partial charge in [0.1, 0.15) is 11.6 Å². The van der Waals surface area contributed by atoms with Gasteiger partial charge in [-0.05, 0) is 97.9 Å². The first-order valence-electron chi connectivity index (χ1n) is 13.7. The summed E-state index contributed by atoms with van der Waals surface area (Å²) >= 11 is 0. The minimum Gasteiger partial charge on any atom is -0.371 e. The molecule has 1 aliphatic rings. The van der Waals surface area contributed by atoms with E-state index in [0.29, 0.717) is 42.7 Å². The van der Waals surface area contributed by atoms with Crippen LogP contribution in [0.2, 0.25) is 0 Å². The molecule has 1 aromatic heterocycles. The van der Waals surface area contributed by atoms with Crippen LogP contribution in [0.3, 0.4) is 0 Å². The average Bonchev–Trinajstić information content (AvgIpc) is 3.06. The predicted molar refractivity (Wildman–Crippen MR) is 152 cm³/mol. The van der Waals surface area contributed by atoms with E-state index in [1.54, 1.807) is 6.92 Å². The Morgan fingerprint density at radius 3 is 2.41 bits per heavy atom. The zero-order chi connectivity index (χ0) is 26.2. The fourth-order valence-corrected chi connectivity index (χ4v) is 5.54. The van der Waals surface area contributed by atoms with Gasteiger partial charge in [0.05, 0.1) is 0 Å². The van der Waals surface area contributed by atoms with E-state index in [1.165, 1.54) is 11.3 Å². The number of rotatable bonds is 10. The summed E-state index contributed by atoms with van der Waals surface area (Å²) in [6, 6.07) is 21.3. The molecule has 4 heteroatoms. The van der Waals surface area contributed by atoms with E-state index in [4.69, 9.17) is 0 Å². The van der Waals surface area contributed by atoms with Crippen molar-refractivity contribution in [2.45, 2.75) is 65.7 Å². The first kappa shape index (κ1) is 26.8. The first-order valence-corrected chi connectivity index (χ1v) is 13.7. The van der Waals surface area contributed by atoms with Crippen LogP contribution in [0.25, 0.3) is 11.1 Å². The summed E-state index contributed by atoms with van der Waals surface area (Å²) in [6.07, 6.45) is 7.71. The number of hydrogen-bond donors (Lipinski definition) is 0. The molecule has 4 nitrogen and oxygen atoms in total. The van der Waals surface area contributed by atoms with Gasteiger partial charge in [-0.2, -0.15) is 0 Å². The molecule has 37 heavy (non-hydrogen) atoms. The smallest absolute Gasteiger partial charge is 0.137 e. The van der Waals surface area contributed by atoms with Crippen LogP contribution >= 0.6 is 0 Å². The second kappa shape index (κ2) is 12.8. The molecule has 1 fully saturated rings. The number of ketones is 2. The summed E-state index contributed by atoms with van der Waals surface area (Å²) in [5.74, 6) is 1.63. The Morgan fingerprint density at radius 1 is 0.973 bits per heavy atom. The number of benzene rings is 2. The van der Waals surface area contributed by atoms with E-state index >= 15 is 0 Å². The number of hydrogen-bond acceptors (Lipinski definition) is 4. The van der Waals surface area contributed by atoms with Crippen LogP contribution in [0.15, 0.2) is 66.9 Å². The normalized spacial score (nSPS) is 17.9. The van der Waals surface area contributed by atoms with Crippen molar-refractivity contribution in [1.29, 1.82) is 0 Å². The lowest BCUT2D eigenvalue weighted by molar-refractivity contribution is -0.119. The van der Waals surface area contributed by atoms with Gasteiger partial charge in [-0.3, -0.25) is 9.78 Å². The molecule has 4 rings (SSSR count). The first-order chi connectivity index (χ1) is 17.9. The second-order valence-electron chi connectivity index (χ2n) is 10.9. The molecule has 0 amide bonds. The number of nitrogens with zero attached hydrogens (tertiary/aromatic N) is 2. The molecule has 1 aliphatic heterocycles. The zero-order valence-corrected chi connectivity index (χ0v) is 22.6. The molecule has 2 aromatic carbocycles. The maximum absolute atomic E-state index is 12.6. The molecule has 1 saturated heterocycles. The van der Waals surface area contributed by atoms with Gasteiger partial charge >= 0.3 is 0 Å². The van der Waals surface area contributed by atoms with Gasteiger partial charge in [0, 0.05) is 49.9 Å². The van der Waals surface area contributed by atoms with Crippen LogP contribution < -0.4 is 4.90 Å². The maximum atomic E-state index is 12.6. The fraction of sp³-hybridized carbons (Fsp3) is 0.424. The molecule has 194 valence electrons. The van der Waals surface area contributed by atoms with E-state index in [1.807, 2.05) is 19.2 Å². The van der Waals surface area contributed by atoms with Crippen LogP contribution in [0.1, 0.15) is 62.8 Å². The number of anilines is 1. The highest BCUT2D eigenvalue weighted by Gasteiger charge is 2.25. The van der Waals surface area contributed by atoms with Crippen molar-refractivity contribution in [2.24, 2.45) is 11.8 Å². The molecular formula is C33H40N2O2. The van der Waals surface area contributed by atoms with Crippen LogP contribution in [0.4, 0.5) is 5.69 Å². The molecule has 2 heterocycles. The van der Waals surface area contributed by atoms with E-state index in [0.717, 1.165) is 61.2 Å². The molecule has 0 spiro atoms. The molecule has 0 saturated carbocycles. The lowest BCUT2D eigenvalue weighted by Gasteiger charge is -2.27. The van der Waals surface area contributed by atoms with E-state index in [-0.39, 0.29) is 0 Å². The molecule has 2 atom stereocenters. The lowest BCUT2D eigenvalue weighted by atomic mass is 9.87. The van der Waals surface area contributed by atoms with Crippen molar-refractivity contribution in [2.75, 3.05) is 18.0 Å². The van der Waals surface area contributed by atoms with Gasteiger partial charge in [0.25, 0.3) is 0 Å². The highest BCUT2D eigenvalue weighted by molar-refractivity contribution is 5.81. The number of carbonyl (C=O) groups excluding carboxylic acids is 2. The number of pyridine rings is 1. The molecular weight excluding hydrogens is 456 g/mol. The Hall–Kier alpha value is -3.27. The minimum atomic E-state index is 0.294. The third kappa shape index (κ3) is 7.85. The Bertz CT molecular complexity index is 1180. The van der Waals surface area contributed by atoms with Crippen LogP contribution in [0.5, 0.6) is 0 Å². The summed E-state index contributed by atoms with van der Waals surface area (Å²) in [6.45, 7) is 8.05. The quantitative estimate of drug-likeness (QED) is 0.302. The van der Waals surface area contributed by atoms with Crippen molar-refractivity contribution < 1.29 is 9.59 Å². The number of aryl methyl sites for hydroxylation is 2. The average molecular weight is 497 g/mol. The molecule has 2 unspecified atom stereocenters. The Balaban J connectivity index is 1.22. The standard InChI is InChI=1S/C33H40N2O2/c1-24-23-35(19-5-7-30(24)21-26(3)36)32-15-11-27(12-16-32)6-4-8-33(37)22-28-9-13-29(14-10-28)31-17-18-34-25(2)20-31/h9-18,20,24,30H,4-8,19,21-23H2,1-3H3. The van der Waals surface area contributed by atoms with Gasteiger partial charge in [0.15, 0.2) is 0 Å². The molecule has 0 radical (unpaired) electrons. The monoisotopic (exact) mass is 496 g/mol. The van der Waals surface area contributed by atoms with Crippen LogP contribution in [-0.2, 0) is 22.4 Å². The second-order valence-corrected chi connectivity index (χ2v) is 10.9. The van der Waals surface area contributed by atoms with Gasteiger partial charge in [-0.1, -0.05) is 43.3 Å². The SMILES string of the molecule is CC(=O)CC1CCCN(c2ccc(CCCC(=O)Cc3ccc(-c4ccnc(C)c4)cc3)cc2)CC1C. The third-order valence-corrected chi connectivity index (χ3v) is 7.67. The lowest BCUT2D eigenvalue weighted by Crippen LogP contribution is -2.29. The fourth-order valence-electron chi connectivity index (χ4n) is 5.54. The van der Waals surface area contributed by atoms with E-state index in [2.05, 4.69) is 71.4 Å². The van der Waals surface area contributed by atoms with Gasteiger partial charge in [-0.15, -0.1) is 0 Å². The molecule has 0 aliphatic carbocycles. The zero-order valence-electron chi connectivity index (χ0n) is 22.6. The van der Waals surface area contributed by atoms with Crippen molar-refractivity contribution in [1.82, 2.24) is 4.98 Å². The van der Waals surface area contributed by atoms with E-state index < -0.39 is 0 Å². The predicted octanol–water partition coefficient (Wildman–Crippen LogP) is 7.02. The summed E-state index contributed by atoms with van der Waals surface area (Å²) in [5.41, 5.74) is 6.92. The van der Waals surface area contributed by atoms with Crippen molar-refractivity contribution in [3.05, 3.63) is 83.7 Å². The minimum absolute atomic E-state index is 0.294. The van der Waals surface area contributed by atoms with Gasteiger partial charge in [0.2, 0.25) is 0 Å².